The van der Waals surface area contributed by atoms with Gasteiger partial charge in [-0.1, -0.05) is 22.4 Å². The van der Waals surface area contributed by atoms with Crippen molar-refractivity contribution in [2.24, 2.45) is 11.3 Å². The van der Waals surface area contributed by atoms with E-state index in [1.165, 1.54) is 31.0 Å². The summed E-state index contributed by atoms with van der Waals surface area (Å²) in [6, 6.07) is 0. The second-order valence-corrected chi connectivity index (χ2v) is 4.39. The van der Waals surface area contributed by atoms with Crippen LogP contribution in [-0.2, 0) is 0 Å². The van der Waals surface area contributed by atoms with E-state index in [0.717, 1.165) is 11.3 Å². The van der Waals surface area contributed by atoms with Crippen molar-refractivity contribution in [3.8, 4) is 0 Å². The highest BCUT2D eigenvalue weighted by Gasteiger charge is 2.55. The molecule has 2 aliphatic rings. The summed E-state index contributed by atoms with van der Waals surface area (Å²) < 4.78 is 0. The van der Waals surface area contributed by atoms with Crippen LogP contribution in [0.15, 0.2) is 0 Å². The van der Waals surface area contributed by atoms with E-state index in [9.17, 15) is 0 Å². The molecule has 0 nitrogen and oxygen atoms in total. The number of halogens is 1. The molecule has 2 saturated carbocycles. The molecule has 52 valence electrons. The lowest BCUT2D eigenvalue weighted by Crippen LogP contribution is -1.97. The fourth-order valence-corrected chi connectivity index (χ4v) is 3.26. The van der Waals surface area contributed by atoms with E-state index in [1.54, 1.807) is 6.42 Å². The smallest absolute Gasteiger partial charge is 0.00366 e. The Morgan fingerprint density at radius 3 is 2.89 bits per heavy atom. The molecule has 0 heterocycles. The molecule has 0 saturated heterocycles. The lowest BCUT2D eigenvalue weighted by atomic mass is 10.0. The van der Waals surface area contributed by atoms with E-state index in [-0.39, 0.29) is 0 Å². The van der Waals surface area contributed by atoms with Crippen LogP contribution in [0.5, 0.6) is 0 Å². The van der Waals surface area contributed by atoms with Crippen molar-refractivity contribution in [1.29, 1.82) is 0 Å². The molecule has 9 heavy (non-hydrogen) atoms. The van der Waals surface area contributed by atoms with Gasteiger partial charge in [0.25, 0.3) is 0 Å². The molecule has 0 radical (unpaired) electrons. The molecule has 2 fully saturated rings. The molecule has 0 aliphatic heterocycles. The van der Waals surface area contributed by atoms with Crippen LogP contribution < -0.4 is 0 Å². The maximum absolute atomic E-state index is 3.52. The second kappa shape index (κ2) is 1.98. The maximum atomic E-state index is 3.52. The third-order valence-corrected chi connectivity index (χ3v) is 3.57. The van der Waals surface area contributed by atoms with Gasteiger partial charge in [-0.05, 0) is 37.0 Å². The van der Waals surface area contributed by atoms with Gasteiger partial charge in [-0.25, -0.2) is 0 Å². The first-order valence-electron chi connectivity index (χ1n) is 3.93. The topological polar surface area (TPSA) is 0 Å². The summed E-state index contributed by atoms with van der Waals surface area (Å²) in [5.41, 5.74) is 0.865. The van der Waals surface area contributed by atoms with Gasteiger partial charge < -0.3 is 0 Å². The van der Waals surface area contributed by atoms with Gasteiger partial charge in [0.15, 0.2) is 0 Å². The highest BCUT2D eigenvalue weighted by molar-refractivity contribution is 9.09. The summed E-state index contributed by atoms with van der Waals surface area (Å²) >= 11 is 3.52. The van der Waals surface area contributed by atoms with Crippen molar-refractivity contribution in [3.05, 3.63) is 0 Å². The Labute approximate surface area is 65.1 Å². The van der Waals surface area contributed by atoms with Gasteiger partial charge in [-0.2, -0.15) is 0 Å². The van der Waals surface area contributed by atoms with Crippen molar-refractivity contribution in [2.45, 2.75) is 32.1 Å². The summed E-state index contributed by atoms with van der Waals surface area (Å²) in [4.78, 5) is 0. The molecule has 2 aliphatic carbocycles. The van der Waals surface area contributed by atoms with Gasteiger partial charge in [0.2, 0.25) is 0 Å². The summed E-state index contributed by atoms with van der Waals surface area (Å²) in [6.07, 6.45) is 7.57. The zero-order valence-electron chi connectivity index (χ0n) is 5.70. The number of hydrogen-bond acceptors (Lipinski definition) is 0. The van der Waals surface area contributed by atoms with Crippen molar-refractivity contribution in [3.63, 3.8) is 0 Å². The van der Waals surface area contributed by atoms with E-state index in [0.29, 0.717) is 0 Å². The molecule has 0 bridgehead atoms. The highest BCUT2D eigenvalue weighted by atomic mass is 79.9. The van der Waals surface area contributed by atoms with Crippen LogP contribution in [-0.4, -0.2) is 5.33 Å². The molecule has 0 N–H and O–H groups in total. The number of alkyl halides is 1. The van der Waals surface area contributed by atoms with E-state index in [1.807, 2.05) is 0 Å². The van der Waals surface area contributed by atoms with Crippen LogP contribution in [0.25, 0.3) is 0 Å². The SMILES string of the molecule is BrCC[C@@]12CCC[C@@H]1C2. The molecule has 0 spiro atoms. The average Bonchev–Trinajstić information content (AvgIpc) is 2.37. The largest absolute Gasteiger partial charge is 0.0928 e. The maximum Gasteiger partial charge on any atom is 0.00366 e. The number of rotatable bonds is 2. The molecule has 2 rings (SSSR count). The van der Waals surface area contributed by atoms with Gasteiger partial charge in [0, 0.05) is 5.33 Å². The standard InChI is InChI=1S/C8H13Br/c9-5-4-8-3-1-2-7(8)6-8/h7H,1-6H2/t7-,8-/m1/s1. The highest BCUT2D eigenvalue weighted by Crippen LogP contribution is 2.65. The zero-order valence-corrected chi connectivity index (χ0v) is 7.28. The van der Waals surface area contributed by atoms with E-state index < -0.39 is 0 Å². The fraction of sp³-hybridized carbons (Fsp3) is 1.00. The molecule has 1 heteroatoms. The third kappa shape index (κ3) is 0.849. The molecular weight excluding hydrogens is 176 g/mol. The van der Waals surface area contributed by atoms with Crippen molar-refractivity contribution >= 4 is 15.9 Å². The molecule has 0 aromatic heterocycles. The first kappa shape index (κ1) is 6.21. The Balaban J connectivity index is 1.95. The number of hydrogen-bond donors (Lipinski definition) is 0. The predicted molar refractivity (Wildman–Crippen MR) is 42.8 cm³/mol. The Bertz CT molecular complexity index is 122. The zero-order chi connectivity index (χ0) is 6.32. The monoisotopic (exact) mass is 188 g/mol. The molecule has 0 amide bonds. The normalized spacial score (nSPS) is 47.0. The van der Waals surface area contributed by atoms with Crippen molar-refractivity contribution < 1.29 is 0 Å². The van der Waals surface area contributed by atoms with E-state index >= 15 is 0 Å². The molecule has 2 atom stereocenters. The Kier molecular flexibility index (Phi) is 1.37. The summed E-state index contributed by atoms with van der Waals surface area (Å²) in [7, 11) is 0. The van der Waals surface area contributed by atoms with Gasteiger partial charge in [-0.3, -0.25) is 0 Å². The van der Waals surface area contributed by atoms with Crippen molar-refractivity contribution in [1.82, 2.24) is 0 Å². The fourth-order valence-electron chi connectivity index (χ4n) is 2.47. The Hall–Kier alpha value is 0.480. The minimum absolute atomic E-state index is 0.865. The van der Waals surface area contributed by atoms with Crippen LogP contribution in [0.2, 0.25) is 0 Å². The van der Waals surface area contributed by atoms with Gasteiger partial charge in [-0.15, -0.1) is 0 Å². The molecule has 0 unspecified atom stereocenters. The third-order valence-electron chi connectivity index (χ3n) is 3.18. The quantitative estimate of drug-likeness (QED) is 0.586. The van der Waals surface area contributed by atoms with Crippen LogP contribution in [0, 0.1) is 11.3 Å². The summed E-state index contributed by atoms with van der Waals surface area (Å²) in [5.74, 6) is 1.15. The Morgan fingerprint density at radius 2 is 2.44 bits per heavy atom. The number of fused-ring (bicyclic) bond motifs is 1. The molecule has 0 aromatic carbocycles. The molecule has 0 aromatic rings. The Morgan fingerprint density at radius 1 is 1.56 bits per heavy atom. The minimum atomic E-state index is 0.865. The summed E-state index contributed by atoms with van der Waals surface area (Å²) in [5, 5.41) is 1.23. The van der Waals surface area contributed by atoms with Crippen molar-refractivity contribution in [2.75, 3.05) is 5.33 Å². The van der Waals surface area contributed by atoms with E-state index in [2.05, 4.69) is 15.9 Å². The predicted octanol–water partition coefficient (Wildman–Crippen LogP) is 2.96. The first-order valence-corrected chi connectivity index (χ1v) is 5.05. The van der Waals surface area contributed by atoms with Crippen LogP contribution in [0.1, 0.15) is 32.1 Å². The van der Waals surface area contributed by atoms with Gasteiger partial charge in [0.05, 0.1) is 0 Å². The summed E-state index contributed by atoms with van der Waals surface area (Å²) in [6.45, 7) is 0. The van der Waals surface area contributed by atoms with Crippen LogP contribution in [0.4, 0.5) is 0 Å². The molecular formula is C8H13Br. The average molecular weight is 189 g/mol. The minimum Gasteiger partial charge on any atom is -0.0928 e. The lowest BCUT2D eigenvalue weighted by Gasteiger charge is -2.06. The van der Waals surface area contributed by atoms with Crippen LogP contribution >= 0.6 is 15.9 Å². The first-order chi connectivity index (χ1) is 4.37. The second-order valence-electron chi connectivity index (χ2n) is 3.59. The van der Waals surface area contributed by atoms with E-state index in [4.69, 9.17) is 0 Å². The lowest BCUT2D eigenvalue weighted by molar-refractivity contribution is 0.475. The van der Waals surface area contributed by atoms with Gasteiger partial charge >= 0.3 is 0 Å². The van der Waals surface area contributed by atoms with Gasteiger partial charge in [0.1, 0.15) is 0 Å². The van der Waals surface area contributed by atoms with Crippen LogP contribution in [0.3, 0.4) is 0 Å².